The van der Waals surface area contributed by atoms with Gasteiger partial charge in [0.2, 0.25) is 0 Å². The Morgan fingerprint density at radius 2 is 2.00 bits per heavy atom. The minimum atomic E-state index is -4.48. The molecule has 0 saturated carbocycles. The van der Waals surface area contributed by atoms with Crippen LogP contribution in [-0.4, -0.2) is 4.98 Å². The maximum Gasteiger partial charge on any atom is 0.433 e. The van der Waals surface area contributed by atoms with Gasteiger partial charge in [-0.05, 0) is 17.7 Å². The summed E-state index contributed by atoms with van der Waals surface area (Å²) in [6.45, 7) is 0.382. The molecule has 0 spiro atoms. The molecule has 0 amide bonds. The fraction of sp³-hybridized carbons (Fsp3) is 0.125. The molecule has 0 unspecified atom stereocenters. The van der Waals surface area contributed by atoms with Crippen LogP contribution in [0.15, 0.2) is 36.5 Å². The molecule has 3 nitrogen and oxygen atoms in total. The van der Waals surface area contributed by atoms with Crippen LogP contribution >= 0.6 is 11.3 Å². The number of hydrogen-bond acceptors (Lipinski definition) is 4. The number of nitrogens with zero attached hydrogens (tertiary/aromatic N) is 2. The number of hydrogen-bond donors (Lipinski definition) is 1. The van der Waals surface area contributed by atoms with Crippen LogP contribution < -0.4 is 5.73 Å². The summed E-state index contributed by atoms with van der Waals surface area (Å²) in [4.78, 5) is 3.91. The Morgan fingerprint density at radius 3 is 2.57 bits per heavy atom. The van der Waals surface area contributed by atoms with Crippen LogP contribution in [0.3, 0.4) is 0 Å². The van der Waals surface area contributed by atoms with Crippen LogP contribution in [0.25, 0.3) is 21.2 Å². The summed E-state index contributed by atoms with van der Waals surface area (Å²) in [5.74, 6) is 0. The normalized spacial score (nSPS) is 11.6. The average molecular weight is 333 g/mol. The first-order valence-electron chi connectivity index (χ1n) is 6.63. The van der Waals surface area contributed by atoms with Crippen molar-refractivity contribution in [1.29, 1.82) is 5.26 Å². The number of nitriles is 1. The van der Waals surface area contributed by atoms with Gasteiger partial charge in [-0.15, -0.1) is 11.3 Å². The van der Waals surface area contributed by atoms with Crippen LogP contribution in [0.5, 0.6) is 0 Å². The van der Waals surface area contributed by atoms with Crippen molar-refractivity contribution in [3.63, 3.8) is 0 Å². The van der Waals surface area contributed by atoms with E-state index in [1.54, 1.807) is 0 Å². The average Bonchev–Trinajstić information content (AvgIpc) is 2.91. The molecule has 2 heterocycles. The number of nitrogens with two attached hydrogens (primary N) is 1. The van der Waals surface area contributed by atoms with Crippen LogP contribution in [0.4, 0.5) is 13.2 Å². The van der Waals surface area contributed by atoms with E-state index in [0.29, 0.717) is 22.5 Å². The molecule has 0 fully saturated rings. The van der Waals surface area contributed by atoms with Crippen molar-refractivity contribution >= 4 is 21.4 Å². The third-order valence-corrected chi connectivity index (χ3v) is 4.49. The van der Waals surface area contributed by atoms with Crippen LogP contribution in [0, 0.1) is 11.3 Å². The third kappa shape index (κ3) is 2.79. The maximum absolute atomic E-state index is 12.6. The quantitative estimate of drug-likeness (QED) is 0.760. The van der Waals surface area contributed by atoms with Crippen molar-refractivity contribution < 1.29 is 13.2 Å². The standard InChI is InChI=1S/C16H10F3N3S/c17-16(18,19)14-4-2-10(8-22-14)15-11-3-1-9(6-20)5-12(11)23-13(15)7-21/h1-5,8H,6,20H2. The second-order valence-corrected chi connectivity index (χ2v) is 5.93. The molecule has 0 atom stereocenters. The number of thiophene rings is 1. The Bertz CT molecular complexity index is 905. The number of benzene rings is 1. The molecule has 2 aromatic heterocycles. The van der Waals surface area contributed by atoms with Crippen molar-refractivity contribution in [3.8, 4) is 17.2 Å². The van der Waals surface area contributed by atoms with Crippen molar-refractivity contribution in [3.05, 3.63) is 52.7 Å². The summed E-state index contributed by atoms with van der Waals surface area (Å²) in [6.07, 6.45) is -3.33. The highest BCUT2D eigenvalue weighted by Crippen LogP contribution is 2.39. The van der Waals surface area contributed by atoms with Crippen LogP contribution in [-0.2, 0) is 12.7 Å². The molecule has 0 radical (unpaired) electrons. The molecular formula is C16H10F3N3S. The lowest BCUT2D eigenvalue weighted by molar-refractivity contribution is -0.141. The third-order valence-electron chi connectivity index (χ3n) is 3.43. The molecule has 0 bridgehead atoms. The number of pyridine rings is 1. The Balaban J connectivity index is 2.17. The Hall–Kier alpha value is -2.43. The maximum atomic E-state index is 12.6. The van der Waals surface area contributed by atoms with E-state index in [2.05, 4.69) is 11.1 Å². The predicted molar refractivity (Wildman–Crippen MR) is 82.7 cm³/mol. The van der Waals surface area contributed by atoms with E-state index >= 15 is 0 Å². The largest absolute Gasteiger partial charge is 0.433 e. The summed E-state index contributed by atoms with van der Waals surface area (Å²) in [7, 11) is 0. The second-order valence-electron chi connectivity index (χ2n) is 4.88. The lowest BCUT2D eigenvalue weighted by atomic mass is 10.0. The molecule has 0 aliphatic rings. The van der Waals surface area contributed by atoms with E-state index in [9.17, 15) is 18.4 Å². The summed E-state index contributed by atoms with van der Waals surface area (Å²) < 4.78 is 38.7. The van der Waals surface area contributed by atoms with Gasteiger partial charge in [0, 0.05) is 34.0 Å². The fourth-order valence-electron chi connectivity index (χ4n) is 2.34. The molecule has 0 aliphatic heterocycles. The number of halogens is 3. The Labute approximate surface area is 133 Å². The van der Waals surface area contributed by atoms with Gasteiger partial charge in [-0.1, -0.05) is 18.2 Å². The molecule has 1 aromatic carbocycles. The number of alkyl halides is 3. The molecule has 23 heavy (non-hydrogen) atoms. The van der Waals surface area contributed by atoms with Crippen molar-refractivity contribution in [2.24, 2.45) is 5.73 Å². The van der Waals surface area contributed by atoms with E-state index in [-0.39, 0.29) is 0 Å². The monoisotopic (exact) mass is 333 g/mol. The Kier molecular flexibility index (Phi) is 3.80. The summed E-state index contributed by atoms with van der Waals surface area (Å²) >= 11 is 1.29. The lowest BCUT2D eigenvalue weighted by Crippen LogP contribution is -2.07. The fourth-order valence-corrected chi connectivity index (χ4v) is 3.43. The summed E-state index contributed by atoms with van der Waals surface area (Å²) in [6, 6.07) is 9.94. The zero-order valence-corrected chi connectivity index (χ0v) is 12.5. The molecule has 0 saturated heterocycles. The van der Waals surface area contributed by atoms with Gasteiger partial charge in [0.15, 0.2) is 0 Å². The van der Waals surface area contributed by atoms with Gasteiger partial charge < -0.3 is 5.73 Å². The highest BCUT2D eigenvalue weighted by molar-refractivity contribution is 7.20. The highest BCUT2D eigenvalue weighted by atomic mass is 32.1. The van der Waals surface area contributed by atoms with E-state index in [1.807, 2.05) is 18.2 Å². The van der Waals surface area contributed by atoms with Gasteiger partial charge in [-0.2, -0.15) is 18.4 Å². The summed E-state index contributed by atoms with van der Waals surface area (Å²) in [5.41, 5.74) is 6.68. The topological polar surface area (TPSA) is 62.7 Å². The SMILES string of the molecule is N#Cc1sc2cc(CN)ccc2c1-c1ccc(C(F)(F)F)nc1. The molecule has 0 aliphatic carbocycles. The highest BCUT2D eigenvalue weighted by Gasteiger charge is 2.32. The number of rotatable bonds is 2. The van der Waals surface area contributed by atoms with Crippen molar-refractivity contribution in [2.75, 3.05) is 0 Å². The molecule has 2 N–H and O–H groups in total. The van der Waals surface area contributed by atoms with Crippen molar-refractivity contribution in [1.82, 2.24) is 4.98 Å². The van der Waals surface area contributed by atoms with Gasteiger partial charge >= 0.3 is 6.18 Å². The van der Waals surface area contributed by atoms with Gasteiger partial charge in [-0.25, -0.2) is 0 Å². The smallest absolute Gasteiger partial charge is 0.326 e. The molecular weight excluding hydrogens is 323 g/mol. The van der Waals surface area contributed by atoms with Gasteiger partial charge in [0.25, 0.3) is 0 Å². The predicted octanol–water partition coefficient (Wildman–Crippen LogP) is 4.31. The van der Waals surface area contributed by atoms with Crippen LogP contribution in [0.2, 0.25) is 0 Å². The van der Waals surface area contributed by atoms with Gasteiger partial charge in [-0.3, -0.25) is 4.98 Å². The Morgan fingerprint density at radius 1 is 1.22 bits per heavy atom. The first kappa shape index (κ1) is 15.5. The van der Waals surface area contributed by atoms with E-state index in [1.165, 1.54) is 17.4 Å². The number of aromatic nitrogens is 1. The molecule has 116 valence electrons. The minimum absolute atomic E-state index is 0.382. The van der Waals surface area contributed by atoms with E-state index in [0.717, 1.165) is 27.9 Å². The number of fused-ring (bicyclic) bond motifs is 1. The zero-order valence-electron chi connectivity index (χ0n) is 11.7. The molecule has 7 heteroatoms. The van der Waals surface area contributed by atoms with E-state index in [4.69, 9.17) is 5.73 Å². The minimum Gasteiger partial charge on any atom is -0.326 e. The van der Waals surface area contributed by atoms with E-state index < -0.39 is 11.9 Å². The van der Waals surface area contributed by atoms with Gasteiger partial charge in [0.1, 0.15) is 16.6 Å². The molecule has 3 rings (SSSR count). The van der Waals surface area contributed by atoms with Crippen LogP contribution in [0.1, 0.15) is 16.1 Å². The first-order chi connectivity index (χ1) is 10.9. The van der Waals surface area contributed by atoms with Gasteiger partial charge in [0.05, 0.1) is 0 Å². The second kappa shape index (κ2) is 5.65. The first-order valence-corrected chi connectivity index (χ1v) is 7.45. The summed E-state index contributed by atoms with van der Waals surface area (Å²) in [5, 5.41) is 10.1. The lowest BCUT2D eigenvalue weighted by Gasteiger charge is -2.07. The zero-order chi connectivity index (χ0) is 16.6. The van der Waals surface area contributed by atoms with Crippen molar-refractivity contribution in [2.45, 2.75) is 12.7 Å². The molecule has 3 aromatic rings.